The van der Waals surface area contributed by atoms with Crippen molar-refractivity contribution in [2.75, 3.05) is 13.2 Å². The molecule has 0 aromatic heterocycles. The number of Topliss-reactive ketones (excluding diaryl/α,β-unsaturated/α-hetero) is 1. The highest BCUT2D eigenvalue weighted by Crippen LogP contribution is 2.64. The average Bonchev–Trinajstić information content (AvgIpc) is 3.29. The minimum atomic E-state index is -2.45. The van der Waals surface area contributed by atoms with Crippen LogP contribution in [0, 0.1) is 16.7 Å². The zero-order valence-corrected chi connectivity index (χ0v) is 38.2. The Balaban J connectivity index is 1.42. The highest BCUT2D eigenvalue weighted by Gasteiger charge is 2.78. The number of carbonyl (C=O) groups is 7. The lowest BCUT2D eigenvalue weighted by Crippen LogP contribution is -2.82. The standard InChI is InChI=1S/C50H55NO16/c1-8-61-46(59)65-39(37(30-18-12-9-13-19-30)51-43(56)31-20-14-10-15-21-31)45(58)64-33-25-50(60)42(66-44(57)32-22-16-11-17-23-32)40-48(7,34(54)24-35-49(40,26-62-35)67-29(4)53)41(55)38(63-28(3)52)36(27(33)2)47(50,5)6/h9-23,33-35,37-40,42,54,60H,8,24-26H2,1-7H3,(H,51,56)/t33-,34-,35+,37-,38+,39+,40?,42?,48+,49-,50+/m0/s1. The highest BCUT2D eigenvalue weighted by atomic mass is 16.7. The Morgan fingerprint density at radius 1 is 0.836 bits per heavy atom. The molecule has 356 valence electrons. The van der Waals surface area contributed by atoms with Gasteiger partial charge in [0.1, 0.15) is 30.0 Å². The van der Waals surface area contributed by atoms with E-state index in [0.717, 1.165) is 13.8 Å². The lowest BCUT2D eigenvalue weighted by atomic mass is 9.44. The SMILES string of the molecule is CCOC(=O)O[C@@H](C(=O)O[C@H]1C[C@@]2(O)C(OC(=O)c3ccccc3)C3[C@](C)(C(=O)[C@H](OC(C)=O)C(=C1C)C2(C)C)[C@@H](O)C[C@H]1OC[C@@]31OC(C)=O)[C@@H](NC(=O)c1ccccc1)c1ccccc1. The molecule has 17 heteroatoms. The van der Waals surface area contributed by atoms with Crippen molar-refractivity contribution in [2.45, 2.75) is 115 Å². The Hall–Kier alpha value is -6.43. The second-order valence-electron chi connectivity index (χ2n) is 18.1. The summed E-state index contributed by atoms with van der Waals surface area (Å²) in [5.41, 5.74) is -7.41. The van der Waals surface area contributed by atoms with Gasteiger partial charge in [0.2, 0.25) is 6.10 Å². The minimum Gasteiger partial charge on any atom is -0.455 e. The number of amides is 1. The first-order valence-corrected chi connectivity index (χ1v) is 22.1. The number of ketones is 1. The fraction of sp³-hybridized carbons (Fsp3) is 0.460. The van der Waals surface area contributed by atoms with Crippen LogP contribution in [0.1, 0.15) is 93.6 Å². The van der Waals surface area contributed by atoms with Crippen molar-refractivity contribution in [2.24, 2.45) is 16.7 Å². The number of benzene rings is 3. The van der Waals surface area contributed by atoms with Crippen LogP contribution in [-0.2, 0) is 52.3 Å². The molecule has 2 unspecified atom stereocenters. The molecule has 4 aliphatic rings. The van der Waals surface area contributed by atoms with E-state index in [0.29, 0.717) is 5.56 Å². The molecule has 0 spiro atoms. The van der Waals surface area contributed by atoms with Gasteiger partial charge < -0.3 is 48.7 Å². The molecule has 3 aliphatic carbocycles. The Morgan fingerprint density at radius 3 is 1.99 bits per heavy atom. The Morgan fingerprint density at radius 2 is 1.43 bits per heavy atom. The summed E-state index contributed by atoms with van der Waals surface area (Å²) in [4.78, 5) is 98.1. The number of aliphatic hydroxyl groups is 2. The van der Waals surface area contributed by atoms with Crippen LogP contribution in [0.25, 0.3) is 0 Å². The van der Waals surface area contributed by atoms with E-state index in [2.05, 4.69) is 5.32 Å². The van der Waals surface area contributed by atoms with E-state index in [1.165, 1.54) is 32.9 Å². The van der Waals surface area contributed by atoms with Crippen LogP contribution in [0.4, 0.5) is 4.79 Å². The number of esters is 4. The van der Waals surface area contributed by atoms with E-state index in [1.54, 1.807) is 92.7 Å². The molecular weight excluding hydrogens is 871 g/mol. The van der Waals surface area contributed by atoms with Crippen LogP contribution in [-0.4, -0.2) is 113 Å². The van der Waals surface area contributed by atoms with Gasteiger partial charge in [-0.3, -0.25) is 19.2 Å². The van der Waals surface area contributed by atoms with Crippen LogP contribution >= 0.6 is 0 Å². The van der Waals surface area contributed by atoms with E-state index in [-0.39, 0.29) is 41.9 Å². The molecule has 17 nitrogen and oxygen atoms in total. The van der Waals surface area contributed by atoms with Gasteiger partial charge in [0.05, 0.1) is 36.2 Å². The number of rotatable bonds is 12. The number of aliphatic hydroxyl groups excluding tert-OH is 1. The summed E-state index contributed by atoms with van der Waals surface area (Å²) in [5.74, 6) is -7.04. The average molecular weight is 926 g/mol. The lowest BCUT2D eigenvalue weighted by molar-refractivity contribution is -0.346. The number of carbonyl (C=O) groups excluding carboxylic acids is 7. The zero-order chi connectivity index (χ0) is 48.6. The van der Waals surface area contributed by atoms with Crippen molar-refractivity contribution < 1.29 is 76.9 Å². The maximum Gasteiger partial charge on any atom is 0.509 e. The normalized spacial score (nSPS) is 30.2. The molecule has 2 bridgehead atoms. The molecule has 2 saturated carbocycles. The van der Waals surface area contributed by atoms with Gasteiger partial charge in [-0.25, -0.2) is 14.4 Å². The minimum absolute atomic E-state index is 0.0414. The maximum absolute atomic E-state index is 15.6. The molecule has 11 atom stereocenters. The van der Waals surface area contributed by atoms with Gasteiger partial charge in [-0.15, -0.1) is 0 Å². The molecule has 1 saturated heterocycles. The number of hydrogen-bond acceptors (Lipinski definition) is 16. The Kier molecular flexibility index (Phi) is 13.5. The smallest absolute Gasteiger partial charge is 0.455 e. The first-order valence-electron chi connectivity index (χ1n) is 22.1. The van der Waals surface area contributed by atoms with E-state index in [1.807, 2.05) is 0 Å². The monoisotopic (exact) mass is 925 g/mol. The summed E-state index contributed by atoms with van der Waals surface area (Å²) >= 11 is 0. The van der Waals surface area contributed by atoms with E-state index in [4.69, 9.17) is 33.2 Å². The molecule has 1 amide bonds. The van der Waals surface area contributed by atoms with Gasteiger partial charge in [-0.2, -0.15) is 0 Å². The predicted octanol–water partition coefficient (Wildman–Crippen LogP) is 4.92. The van der Waals surface area contributed by atoms with Crippen molar-refractivity contribution in [1.82, 2.24) is 5.32 Å². The van der Waals surface area contributed by atoms with Crippen molar-refractivity contribution >= 4 is 41.7 Å². The molecule has 3 aromatic carbocycles. The number of ether oxygens (including phenoxy) is 7. The molecule has 1 heterocycles. The topological polar surface area (TPSA) is 237 Å². The molecule has 3 aromatic rings. The largest absolute Gasteiger partial charge is 0.509 e. The van der Waals surface area contributed by atoms with Gasteiger partial charge in [0.15, 0.2) is 17.5 Å². The lowest BCUT2D eigenvalue weighted by Gasteiger charge is -2.67. The Labute approximate surface area is 387 Å². The predicted molar refractivity (Wildman–Crippen MR) is 234 cm³/mol. The van der Waals surface area contributed by atoms with Crippen molar-refractivity contribution in [3.05, 3.63) is 119 Å². The Bertz CT molecular complexity index is 2440. The summed E-state index contributed by atoms with van der Waals surface area (Å²) in [6.07, 6.45) is -12.0. The van der Waals surface area contributed by atoms with E-state index >= 15 is 4.79 Å². The second-order valence-corrected chi connectivity index (χ2v) is 18.1. The summed E-state index contributed by atoms with van der Waals surface area (Å²) in [6, 6.07) is 22.6. The van der Waals surface area contributed by atoms with Crippen molar-refractivity contribution in [3.8, 4) is 0 Å². The summed E-state index contributed by atoms with van der Waals surface area (Å²) in [6.45, 7) is 9.23. The van der Waals surface area contributed by atoms with Gasteiger partial charge >= 0.3 is 30.0 Å². The number of fused-ring (bicyclic) bond motifs is 5. The van der Waals surface area contributed by atoms with Crippen LogP contribution in [0.2, 0.25) is 0 Å². The van der Waals surface area contributed by atoms with Gasteiger partial charge in [0.25, 0.3) is 5.91 Å². The molecule has 0 radical (unpaired) electrons. The summed E-state index contributed by atoms with van der Waals surface area (Å²) < 4.78 is 41.4. The summed E-state index contributed by atoms with van der Waals surface area (Å²) in [7, 11) is 0. The first-order chi connectivity index (χ1) is 31.7. The molecular formula is C50H55NO16. The van der Waals surface area contributed by atoms with Gasteiger partial charge in [-0.1, -0.05) is 80.6 Å². The third-order valence-electron chi connectivity index (χ3n) is 13.9. The molecule has 67 heavy (non-hydrogen) atoms. The third-order valence-corrected chi connectivity index (χ3v) is 13.9. The van der Waals surface area contributed by atoms with Gasteiger partial charge in [0, 0.05) is 37.7 Å². The maximum atomic E-state index is 15.6. The number of nitrogens with one attached hydrogen (secondary N) is 1. The zero-order valence-electron chi connectivity index (χ0n) is 38.2. The molecule has 3 N–H and O–H groups in total. The van der Waals surface area contributed by atoms with E-state index < -0.39 is 119 Å². The van der Waals surface area contributed by atoms with E-state index in [9.17, 15) is 39.0 Å². The van der Waals surface area contributed by atoms with Crippen molar-refractivity contribution in [3.63, 3.8) is 0 Å². The molecule has 7 rings (SSSR count). The molecule has 1 aliphatic heterocycles. The van der Waals surface area contributed by atoms with Gasteiger partial charge in [-0.05, 0) is 61.7 Å². The second kappa shape index (κ2) is 18.7. The first kappa shape index (κ1) is 48.5. The third kappa shape index (κ3) is 8.59. The summed E-state index contributed by atoms with van der Waals surface area (Å²) in [5, 5.41) is 28.8. The highest BCUT2D eigenvalue weighted by molar-refractivity contribution is 5.96. The van der Waals surface area contributed by atoms with Crippen LogP contribution in [0.15, 0.2) is 102 Å². The fourth-order valence-corrected chi connectivity index (χ4v) is 10.5. The fourth-order valence-electron chi connectivity index (χ4n) is 10.5. The van der Waals surface area contributed by atoms with Crippen LogP contribution in [0.3, 0.4) is 0 Å². The number of hydrogen-bond donors (Lipinski definition) is 3. The molecule has 3 fully saturated rings. The quantitative estimate of drug-likeness (QED) is 0.124. The van der Waals surface area contributed by atoms with Crippen LogP contribution < -0.4 is 5.32 Å². The van der Waals surface area contributed by atoms with Crippen molar-refractivity contribution in [1.29, 1.82) is 0 Å². The van der Waals surface area contributed by atoms with Crippen LogP contribution in [0.5, 0.6) is 0 Å².